The van der Waals surface area contributed by atoms with Crippen molar-refractivity contribution in [2.24, 2.45) is 0 Å². The third-order valence-electron chi connectivity index (χ3n) is 15.9. The molecule has 15 rings (SSSR count). The summed E-state index contributed by atoms with van der Waals surface area (Å²) >= 11 is 0. The van der Waals surface area contributed by atoms with Crippen molar-refractivity contribution in [3.8, 4) is 44.5 Å². The van der Waals surface area contributed by atoms with Crippen molar-refractivity contribution in [3.05, 3.63) is 303 Å². The molecule has 4 heteroatoms. The molecule has 3 nitrogen and oxygen atoms in total. The molecule has 0 saturated carbocycles. The van der Waals surface area contributed by atoms with Crippen LogP contribution in [0.2, 0.25) is 0 Å². The molecule has 2 aliphatic rings. The second kappa shape index (κ2) is 18.9. The van der Waals surface area contributed by atoms with E-state index in [9.17, 15) is 0 Å². The first-order chi connectivity index (χ1) is 38.7. The van der Waals surface area contributed by atoms with Gasteiger partial charge in [-0.1, -0.05) is 231 Å². The number of rotatable bonds is 9. The summed E-state index contributed by atoms with van der Waals surface area (Å²) < 4.78 is 0. The number of hydrogen-bond acceptors (Lipinski definition) is 3. The van der Waals surface area contributed by atoms with E-state index in [1.54, 1.807) is 0 Å². The maximum Gasteiger partial charge on any atom is 0.252 e. The van der Waals surface area contributed by atoms with Crippen LogP contribution in [-0.4, -0.2) is 6.71 Å². The van der Waals surface area contributed by atoms with Gasteiger partial charge in [-0.05, 0) is 155 Å². The Morgan fingerprint density at radius 1 is 0.231 bits per heavy atom. The summed E-state index contributed by atoms with van der Waals surface area (Å²) in [5.41, 5.74) is 23.1. The van der Waals surface area contributed by atoms with Crippen LogP contribution in [0.5, 0.6) is 0 Å². The Morgan fingerprint density at radius 2 is 0.590 bits per heavy atom. The first-order valence-electron chi connectivity index (χ1n) is 26.9. The largest absolute Gasteiger partial charge is 0.311 e. The smallest absolute Gasteiger partial charge is 0.252 e. The van der Waals surface area contributed by atoms with Gasteiger partial charge in [0.25, 0.3) is 6.71 Å². The van der Waals surface area contributed by atoms with Crippen LogP contribution in [0.3, 0.4) is 0 Å². The zero-order valence-corrected chi connectivity index (χ0v) is 42.8. The van der Waals surface area contributed by atoms with Crippen molar-refractivity contribution in [2.75, 3.05) is 14.7 Å². The van der Waals surface area contributed by atoms with Gasteiger partial charge in [0.05, 0.1) is 5.69 Å². The molecule has 0 aliphatic carbocycles. The fourth-order valence-electron chi connectivity index (χ4n) is 12.3. The lowest BCUT2D eigenvalue weighted by molar-refractivity contribution is 1.23. The van der Waals surface area contributed by atoms with Crippen molar-refractivity contribution < 1.29 is 0 Å². The Kier molecular flexibility index (Phi) is 11.0. The van der Waals surface area contributed by atoms with Crippen LogP contribution in [-0.2, 0) is 0 Å². The number of benzene rings is 13. The van der Waals surface area contributed by atoms with Gasteiger partial charge in [0.15, 0.2) is 0 Å². The fraction of sp³-hybridized carbons (Fsp3) is 0. The standard InChI is InChI=1S/C74H50BN3/c1-5-19-51(20-6-1)59-31-17-33-63(43-59)77-70-47-61(53-23-9-3-10-24-53)37-41-68(70)75-69-42-38-62(54-25-11-4-12-26-54)48-71(69)78(64-34-18-32-60(44-64)52-21-7-2-8-22-52)73-50-67(49-72(77)74(73)75)76(65-39-35-55-27-13-15-29-57(55)45-65)66-40-36-56-28-14-16-30-58(56)46-66/h1-50H. The van der Waals surface area contributed by atoms with Gasteiger partial charge in [0.1, 0.15) is 0 Å². The molecule has 0 spiro atoms. The Hall–Kier alpha value is -10.2. The third-order valence-corrected chi connectivity index (χ3v) is 15.9. The summed E-state index contributed by atoms with van der Waals surface area (Å²) in [5.74, 6) is 0. The summed E-state index contributed by atoms with van der Waals surface area (Å²) in [5, 5.41) is 4.77. The molecule has 13 aromatic rings. The molecule has 78 heavy (non-hydrogen) atoms. The van der Waals surface area contributed by atoms with Crippen molar-refractivity contribution in [3.63, 3.8) is 0 Å². The van der Waals surface area contributed by atoms with Crippen LogP contribution < -0.4 is 31.1 Å². The molecule has 13 aromatic carbocycles. The molecular weight excluding hydrogens is 942 g/mol. The van der Waals surface area contributed by atoms with E-state index in [4.69, 9.17) is 0 Å². The summed E-state index contributed by atoms with van der Waals surface area (Å²) in [6.45, 7) is -0.111. The SMILES string of the molecule is c1ccc(-c2cccc(N3c4cc(-c5ccccc5)ccc4B4c5ccc(-c6ccccc6)cc5N(c5cccc(-c6ccccc6)c5)c5cc(N(c6ccc7ccccc7c6)c6ccc7ccccc7c6)cc3c54)c2)cc1. The number of hydrogen-bond donors (Lipinski definition) is 0. The van der Waals surface area contributed by atoms with Gasteiger partial charge in [-0.2, -0.15) is 0 Å². The lowest BCUT2D eigenvalue weighted by atomic mass is 9.33. The van der Waals surface area contributed by atoms with Crippen LogP contribution in [0.4, 0.5) is 51.2 Å². The molecule has 0 saturated heterocycles. The van der Waals surface area contributed by atoms with Crippen LogP contribution in [0.25, 0.3) is 66.1 Å². The predicted octanol–water partition coefficient (Wildman–Crippen LogP) is 18.2. The zero-order chi connectivity index (χ0) is 51.5. The van der Waals surface area contributed by atoms with E-state index >= 15 is 0 Å². The van der Waals surface area contributed by atoms with Gasteiger partial charge in [-0.25, -0.2) is 0 Å². The van der Waals surface area contributed by atoms with E-state index in [2.05, 4.69) is 318 Å². The summed E-state index contributed by atoms with van der Waals surface area (Å²) in [6.07, 6.45) is 0. The Bertz CT molecular complexity index is 4130. The molecule has 0 radical (unpaired) electrons. The zero-order valence-electron chi connectivity index (χ0n) is 42.8. The van der Waals surface area contributed by atoms with Crippen LogP contribution in [0.15, 0.2) is 303 Å². The Balaban J connectivity index is 1.07. The lowest BCUT2D eigenvalue weighted by Crippen LogP contribution is -2.61. The molecule has 364 valence electrons. The second-order valence-corrected chi connectivity index (χ2v) is 20.5. The van der Waals surface area contributed by atoms with Gasteiger partial charge in [0.2, 0.25) is 0 Å². The highest BCUT2D eigenvalue weighted by Gasteiger charge is 2.44. The number of nitrogens with zero attached hydrogens (tertiary/aromatic N) is 3. The van der Waals surface area contributed by atoms with Gasteiger partial charge in [-0.3, -0.25) is 0 Å². The number of anilines is 9. The van der Waals surface area contributed by atoms with Crippen LogP contribution in [0, 0.1) is 0 Å². The van der Waals surface area contributed by atoms with E-state index in [1.165, 1.54) is 71.3 Å². The first kappa shape index (κ1) is 45.3. The van der Waals surface area contributed by atoms with E-state index in [0.29, 0.717) is 0 Å². The number of fused-ring (bicyclic) bond motifs is 6. The molecule has 2 heterocycles. The van der Waals surface area contributed by atoms with Gasteiger partial charge in [-0.15, -0.1) is 0 Å². The van der Waals surface area contributed by atoms with Crippen LogP contribution >= 0.6 is 0 Å². The molecule has 0 amide bonds. The maximum atomic E-state index is 2.56. The van der Waals surface area contributed by atoms with Gasteiger partial charge >= 0.3 is 0 Å². The average molecular weight is 992 g/mol. The third kappa shape index (κ3) is 7.85. The second-order valence-electron chi connectivity index (χ2n) is 20.5. The van der Waals surface area contributed by atoms with Gasteiger partial charge < -0.3 is 14.7 Å². The van der Waals surface area contributed by atoms with Crippen molar-refractivity contribution in [1.29, 1.82) is 0 Å². The molecule has 0 unspecified atom stereocenters. The molecule has 0 fully saturated rings. The van der Waals surface area contributed by atoms with Gasteiger partial charge in [0, 0.05) is 45.5 Å². The highest BCUT2D eigenvalue weighted by molar-refractivity contribution is 7.00. The minimum absolute atomic E-state index is 0.111. The average Bonchev–Trinajstić information content (AvgIpc) is 3.70. The van der Waals surface area contributed by atoms with E-state index in [1.807, 2.05) is 0 Å². The molecular formula is C74H50BN3. The quantitative estimate of drug-likeness (QED) is 0.133. The monoisotopic (exact) mass is 991 g/mol. The summed E-state index contributed by atoms with van der Waals surface area (Å²) in [6, 6.07) is 112. The van der Waals surface area contributed by atoms with E-state index < -0.39 is 0 Å². The molecule has 0 bridgehead atoms. The molecule has 0 atom stereocenters. The summed E-state index contributed by atoms with van der Waals surface area (Å²) in [4.78, 5) is 7.61. The minimum Gasteiger partial charge on any atom is -0.311 e. The van der Waals surface area contributed by atoms with Crippen molar-refractivity contribution in [2.45, 2.75) is 0 Å². The minimum atomic E-state index is -0.111. The maximum absolute atomic E-state index is 2.56. The fourth-order valence-corrected chi connectivity index (χ4v) is 12.3. The highest BCUT2D eigenvalue weighted by Crippen LogP contribution is 2.50. The van der Waals surface area contributed by atoms with E-state index in [0.717, 1.165) is 62.3 Å². The topological polar surface area (TPSA) is 9.72 Å². The van der Waals surface area contributed by atoms with Crippen molar-refractivity contribution in [1.82, 2.24) is 0 Å². The lowest BCUT2D eigenvalue weighted by Gasteiger charge is -2.45. The first-order valence-corrected chi connectivity index (χ1v) is 26.9. The Morgan fingerprint density at radius 3 is 1.00 bits per heavy atom. The molecule has 0 aromatic heterocycles. The normalized spacial score (nSPS) is 12.3. The Labute approximate surface area is 455 Å². The van der Waals surface area contributed by atoms with Crippen molar-refractivity contribution >= 4 is 95.8 Å². The highest BCUT2D eigenvalue weighted by atomic mass is 15.2. The molecule has 2 aliphatic heterocycles. The predicted molar refractivity (Wildman–Crippen MR) is 332 cm³/mol. The van der Waals surface area contributed by atoms with E-state index in [-0.39, 0.29) is 6.71 Å². The van der Waals surface area contributed by atoms with Crippen LogP contribution in [0.1, 0.15) is 0 Å². The molecule has 0 N–H and O–H groups in total. The summed E-state index contributed by atoms with van der Waals surface area (Å²) in [7, 11) is 0.